The van der Waals surface area contributed by atoms with Crippen LogP contribution in [0, 0.1) is 11.8 Å². The minimum Gasteiger partial charge on any atom is -0.327 e. The van der Waals surface area contributed by atoms with Gasteiger partial charge in [-0.1, -0.05) is 12.8 Å². The van der Waals surface area contributed by atoms with Gasteiger partial charge in [-0.3, -0.25) is 0 Å². The van der Waals surface area contributed by atoms with Gasteiger partial charge in [0.1, 0.15) is 0 Å². The Morgan fingerprint density at radius 2 is 1.83 bits per heavy atom. The molecule has 2 unspecified atom stereocenters. The summed E-state index contributed by atoms with van der Waals surface area (Å²) in [6.45, 7) is 2.35. The van der Waals surface area contributed by atoms with Crippen molar-refractivity contribution in [3.63, 3.8) is 0 Å². The molecule has 1 saturated carbocycles. The molecule has 2 aliphatic rings. The van der Waals surface area contributed by atoms with E-state index in [1.807, 2.05) is 0 Å². The second kappa shape index (κ2) is 3.75. The molecule has 2 fully saturated rings. The third kappa shape index (κ3) is 1.64. The Morgan fingerprint density at radius 1 is 1.08 bits per heavy atom. The van der Waals surface area contributed by atoms with E-state index in [-0.39, 0.29) is 0 Å². The van der Waals surface area contributed by atoms with Crippen molar-refractivity contribution < 1.29 is 0 Å². The SMILES string of the molecule is NC(C1CCCC1)C1CCNC1. The second-order valence-electron chi connectivity index (χ2n) is 4.37. The van der Waals surface area contributed by atoms with Crippen LogP contribution in [0.1, 0.15) is 32.1 Å². The van der Waals surface area contributed by atoms with E-state index in [0.717, 1.165) is 18.4 Å². The lowest BCUT2D eigenvalue weighted by atomic mass is 9.87. The summed E-state index contributed by atoms with van der Waals surface area (Å²) in [5, 5.41) is 3.40. The summed E-state index contributed by atoms with van der Waals surface area (Å²) in [4.78, 5) is 0. The largest absolute Gasteiger partial charge is 0.327 e. The van der Waals surface area contributed by atoms with E-state index >= 15 is 0 Å². The zero-order valence-corrected chi connectivity index (χ0v) is 7.76. The van der Waals surface area contributed by atoms with Gasteiger partial charge in [0.15, 0.2) is 0 Å². The molecule has 2 atom stereocenters. The molecule has 3 N–H and O–H groups in total. The van der Waals surface area contributed by atoms with Crippen molar-refractivity contribution in [2.45, 2.75) is 38.1 Å². The van der Waals surface area contributed by atoms with Crippen LogP contribution in [0.5, 0.6) is 0 Å². The maximum atomic E-state index is 6.24. The summed E-state index contributed by atoms with van der Waals surface area (Å²) in [6, 6.07) is 0.488. The zero-order chi connectivity index (χ0) is 8.39. The van der Waals surface area contributed by atoms with Crippen LogP contribution in [0.2, 0.25) is 0 Å². The summed E-state index contributed by atoms with van der Waals surface area (Å²) in [6.07, 6.45) is 6.91. The van der Waals surface area contributed by atoms with Gasteiger partial charge in [0.25, 0.3) is 0 Å². The number of nitrogens with two attached hydrogens (primary N) is 1. The Morgan fingerprint density at radius 3 is 2.42 bits per heavy atom. The highest BCUT2D eigenvalue weighted by Crippen LogP contribution is 2.31. The van der Waals surface area contributed by atoms with E-state index in [9.17, 15) is 0 Å². The summed E-state index contributed by atoms with van der Waals surface area (Å²) in [5.41, 5.74) is 6.24. The molecule has 2 nitrogen and oxygen atoms in total. The first-order chi connectivity index (χ1) is 5.88. The summed E-state index contributed by atoms with van der Waals surface area (Å²) in [7, 11) is 0. The number of rotatable bonds is 2. The molecule has 2 rings (SSSR count). The van der Waals surface area contributed by atoms with Gasteiger partial charge >= 0.3 is 0 Å². The Bertz CT molecular complexity index is 119. The third-order valence-electron chi connectivity index (χ3n) is 3.59. The molecular formula is C10H20N2. The van der Waals surface area contributed by atoms with Crippen molar-refractivity contribution >= 4 is 0 Å². The topological polar surface area (TPSA) is 38.0 Å². The van der Waals surface area contributed by atoms with Gasteiger partial charge in [-0.05, 0) is 44.2 Å². The van der Waals surface area contributed by atoms with Gasteiger partial charge in [-0.15, -0.1) is 0 Å². The van der Waals surface area contributed by atoms with Crippen LogP contribution >= 0.6 is 0 Å². The van der Waals surface area contributed by atoms with Crippen molar-refractivity contribution in [1.29, 1.82) is 0 Å². The van der Waals surface area contributed by atoms with E-state index < -0.39 is 0 Å². The quantitative estimate of drug-likeness (QED) is 0.648. The first kappa shape index (κ1) is 8.52. The van der Waals surface area contributed by atoms with Crippen LogP contribution in [0.3, 0.4) is 0 Å². The van der Waals surface area contributed by atoms with Gasteiger partial charge < -0.3 is 11.1 Å². The second-order valence-corrected chi connectivity index (χ2v) is 4.37. The summed E-state index contributed by atoms with van der Waals surface area (Å²) in [5.74, 6) is 1.61. The Balaban J connectivity index is 1.84. The standard InChI is InChI=1S/C10H20N2/c11-10(8-3-1-2-4-8)9-5-6-12-7-9/h8-10,12H,1-7,11H2. The van der Waals surface area contributed by atoms with E-state index in [4.69, 9.17) is 5.73 Å². The third-order valence-corrected chi connectivity index (χ3v) is 3.59. The predicted octanol–water partition coefficient (Wildman–Crippen LogP) is 1.11. The normalized spacial score (nSPS) is 34.2. The fraction of sp³-hybridized carbons (Fsp3) is 1.00. The monoisotopic (exact) mass is 168 g/mol. The van der Waals surface area contributed by atoms with Crippen LogP contribution in [0.4, 0.5) is 0 Å². The molecule has 0 bridgehead atoms. The number of nitrogens with one attached hydrogen (secondary N) is 1. The van der Waals surface area contributed by atoms with Crippen molar-refractivity contribution in [2.24, 2.45) is 17.6 Å². The summed E-state index contributed by atoms with van der Waals surface area (Å²) < 4.78 is 0. The van der Waals surface area contributed by atoms with Gasteiger partial charge in [-0.25, -0.2) is 0 Å². The molecule has 70 valence electrons. The van der Waals surface area contributed by atoms with Crippen molar-refractivity contribution in [2.75, 3.05) is 13.1 Å². The van der Waals surface area contributed by atoms with Crippen LogP contribution in [-0.2, 0) is 0 Å². The van der Waals surface area contributed by atoms with Crippen molar-refractivity contribution in [1.82, 2.24) is 5.32 Å². The minimum absolute atomic E-state index is 0.488. The average molecular weight is 168 g/mol. The molecular weight excluding hydrogens is 148 g/mol. The minimum atomic E-state index is 0.488. The zero-order valence-electron chi connectivity index (χ0n) is 7.76. The highest BCUT2D eigenvalue weighted by molar-refractivity contribution is 4.87. The first-order valence-corrected chi connectivity index (χ1v) is 5.34. The summed E-state index contributed by atoms with van der Waals surface area (Å²) >= 11 is 0. The molecule has 2 heteroatoms. The Labute approximate surface area is 74.9 Å². The van der Waals surface area contributed by atoms with Gasteiger partial charge in [-0.2, -0.15) is 0 Å². The van der Waals surface area contributed by atoms with Gasteiger partial charge in [0, 0.05) is 6.04 Å². The van der Waals surface area contributed by atoms with E-state index in [1.54, 1.807) is 0 Å². The molecule has 1 heterocycles. The molecule has 0 radical (unpaired) electrons. The van der Waals surface area contributed by atoms with E-state index in [2.05, 4.69) is 5.32 Å². The first-order valence-electron chi connectivity index (χ1n) is 5.34. The Kier molecular flexibility index (Phi) is 2.66. The maximum Gasteiger partial charge on any atom is 0.0108 e. The van der Waals surface area contributed by atoms with Gasteiger partial charge in [0.05, 0.1) is 0 Å². The van der Waals surface area contributed by atoms with Crippen molar-refractivity contribution in [3.05, 3.63) is 0 Å². The van der Waals surface area contributed by atoms with Crippen LogP contribution in [0.15, 0.2) is 0 Å². The molecule has 1 aliphatic heterocycles. The van der Waals surface area contributed by atoms with Gasteiger partial charge in [0.2, 0.25) is 0 Å². The lowest BCUT2D eigenvalue weighted by Crippen LogP contribution is -2.37. The predicted molar refractivity (Wildman–Crippen MR) is 50.9 cm³/mol. The number of hydrogen-bond acceptors (Lipinski definition) is 2. The Hall–Kier alpha value is -0.0800. The fourth-order valence-corrected chi connectivity index (χ4v) is 2.73. The highest BCUT2D eigenvalue weighted by Gasteiger charge is 2.29. The number of hydrogen-bond donors (Lipinski definition) is 2. The highest BCUT2D eigenvalue weighted by atomic mass is 14.9. The lowest BCUT2D eigenvalue weighted by molar-refractivity contribution is 0.329. The molecule has 0 spiro atoms. The van der Waals surface area contributed by atoms with Crippen molar-refractivity contribution in [3.8, 4) is 0 Å². The molecule has 0 amide bonds. The van der Waals surface area contributed by atoms with Crippen LogP contribution in [-0.4, -0.2) is 19.1 Å². The van der Waals surface area contributed by atoms with E-state index in [1.165, 1.54) is 38.6 Å². The smallest absolute Gasteiger partial charge is 0.0108 e. The fourth-order valence-electron chi connectivity index (χ4n) is 2.73. The van der Waals surface area contributed by atoms with Crippen LogP contribution in [0.25, 0.3) is 0 Å². The molecule has 1 aliphatic carbocycles. The lowest BCUT2D eigenvalue weighted by Gasteiger charge is -2.24. The molecule has 0 aromatic heterocycles. The average Bonchev–Trinajstić information content (AvgIpc) is 2.77. The maximum absolute atomic E-state index is 6.24. The molecule has 0 aromatic carbocycles. The van der Waals surface area contributed by atoms with E-state index in [0.29, 0.717) is 6.04 Å². The van der Waals surface area contributed by atoms with Crippen LogP contribution < -0.4 is 11.1 Å². The molecule has 12 heavy (non-hydrogen) atoms. The molecule has 1 saturated heterocycles. The molecule has 0 aromatic rings.